The molecular weight excluding hydrogens is 414 g/mol. The van der Waals surface area contributed by atoms with Crippen LogP contribution in [-0.4, -0.2) is 34.4 Å². The number of amidine groups is 1. The molecule has 1 N–H and O–H groups in total. The van der Waals surface area contributed by atoms with Gasteiger partial charge in [-0.2, -0.15) is 5.10 Å². The van der Waals surface area contributed by atoms with Crippen molar-refractivity contribution in [2.75, 3.05) is 7.11 Å². The number of hydrogen-bond donors (Lipinski definition) is 1. The number of aromatic hydroxyl groups is 1. The van der Waals surface area contributed by atoms with Crippen molar-refractivity contribution in [2.45, 2.75) is 6.54 Å². The van der Waals surface area contributed by atoms with Crippen molar-refractivity contribution in [2.24, 2.45) is 10.2 Å². The van der Waals surface area contributed by atoms with Crippen LogP contribution in [0.5, 0.6) is 11.5 Å². The van der Waals surface area contributed by atoms with E-state index in [0.717, 1.165) is 5.56 Å². The van der Waals surface area contributed by atoms with Crippen molar-refractivity contribution in [3.05, 3.63) is 88.7 Å². The number of furan rings is 1. The van der Waals surface area contributed by atoms with Gasteiger partial charge in [-0.3, -0.25) is 9.69 Å². The molecule has 0 saturated carbocycles. The molecule has 1 saturated heterocycles. The van der Waals surface area contributed by atoms with Gasteiger partial charge in [-0.1, -0.05) is 30.3 Å². The lowest BCUT2D eigenvalue weighted by Gasteiger charge is -2.12. The summed E-state index contributed by atoms with van der Waals surface area (Å²) in [6.45, 7) is 0.256. The van der Waals surface area contributed by atoms with Gasteiger partial charge >= 0.3 is 0 Å². The van der Waals surface area contributed by atoms with E-state index >= 15 is 0 Å². The summed E-state index contributed by atoms with van der Waals surface area (Å²) in [6.07, 6.45) is 4.93. The Labute approximate surface area is 183 Å². The number of amides is 1. The normalized spacial score (nSPS) is 16.7. The molecule has 0 radical (unpaired) electrons. The molecule has 0 unspecified atom stereocenters. The Kier molecular flexibility index (Phi) is 6.18. The van der Waals surface area contributed by atoms with Gasteiger partial charge in [-0.25, -0.2) is 0 Å². The molecule has 1 aliphatic heterocycles. The number of phenolic OH excluding ortho intramolecular Hbond substituents is 1. The molecule has 0 bridgehead atoms. The molecule has 7 nitrogen and oxygen atoms in total. The van der Waals surface area contributed by atoms with Gasteiger partial charge in [0.15, 0.2) is 16.7 Å². The van der Waals surface area contributed by atoms with E-state index < -0.39 is 0 Å². The van der Waals surface area contributed by atoms with Crippen molar-refractivity contribution in [1.82, 2.24) is 4.90 Å². The Balaban J connectivity index is 1.61. The molecule has 8 heteroatoms. The molecule has 3 aromatic rings. The maximum atomic E-state index is 13.0. The van der Waals surface area contributed by atoms with E-state index in [1.54, 1.807) is 30.5 Å². The summed E-state index contributed by atoms with van der Waals surface area (Å²) < 4.78 is 10.5. The van der Waals surface area contributed by atoms with Gasteiger partial charge in [0.2, 0.25) is 0 Å². The minimum absolute atomic E-state index is 0.0447. The standard InChI is InChI=1S/C23H19N3O4S/c1-29-20-12-17(9-10-19(20)27)14-24-25-23-26(15-18-8-5-11-30-18)22(28)21(31-23)13-16-6-3-2-4-7-16/h2-14,27H,15H2,1H3/b21-13-,24-14-,25-23+. The number of hydrogen-bond acceptors (Lipinski definition) is 7. The Morgan fingerprint density at radius 2 is 1.97 bits per heavy atom. The lowest BCUT2D eigenvalue weighted by molar-refractivity contribution is -0.122. The van der Waals surface area contributed by atoms with Crippen molar-refractivity contribution >= 4 is 35.1 Å². The molecule has 0 aliphatic carbocycles. The molecule has 1 aliphatic rings. The van der Waals surface area contributed by atoms with E-state index in [0.29, 0.717) is 27.1 Å². The molecule has 1 amide bonds. The van der Waals surface area contributed by atoms with Gasteiger partial charge in [0.1, 0.15) is 5.76 Å². The zero-order valence-electron chi connectivity index (χ0n) is 16.6. The van der Waals surface area contributed by atoms with Crippen molar-refractivity contribution in [3.8, 4) is 11.5 Å². The Hall–Kier alpha value is -3.78. The molecule has 0 spiro atoms. The highest BCUT2D eigenvalue weighted by Gasteiger charge is 2.34. The first-order valence-corrected chi connectivity index (χ1v) is 10.2. The predicted molar refractivity (Wildman–Crippen MR) is 121 cm³/mol. The van der Waals surface area contributed by atoms with E-state index in [-0.39, 0.29) is 18.2 Å². The largest absolute Gasteiger partial charge is 0.504 e. The van der Waals surface area contributed by atoms with Crippen LogP contribution in [0.25, 0.3) is 6.08 Å². The van der Waals surface area contributed by atoms with E-state index in [1.807, 2.05) is 36.4 Å². The van der Waals surface area contributed by atoms with Crippen LogP contribution in [-0.2, 0) is 11.3 Å². The van der Waals surface area contributed by atoms with Gasteiger partial charge in [0, 0.05) is 0 Å². The number of carbonyl (C=O) groups is 1. The maximum Gasteiger partial charge on any atom is 0.267 e. The minimum atomic E-state index is -0.162. The molecule has 31 heavy (non-hydrogen) atoms. The van der Waals surface area contributed by atoms with Crippen LogP contribution in [0.3, 0.4) is 0 Å². The number of ether oxygens (including phenoxy) is 1. The fourth-order valence-electron chi connectivity index (χ4n) is 2.90. The highest BCUT2D eigenvalue weighted by molar-refractivity contribution is 8.18. The van der Waals surface area contributed by atoms with Crippen molar-refractivity contribution in [3.63, 3.8) is 0 Å². The number of phenols is 1. The summed E-state index contributed by atoms with van der Waals surface area (Å²) in [7, 11) is 1.48. The third kappa shape index (κ3) is 4.87. The second kappa shape index (κ2) is 9.36. The zero-order chi connectivity index (χ0) is 21.6. The fraction of sp³-hybridized carbons (Fsp3) is 0.0870. The predicted octanol–water partition coefficient (Wildman–Crippen LogP) is 4.50. The van der Waals surface area contributed by atoms with Crippen LogP contribution in [0.4, 0.5) is 0 Å². The molecule has 1 fully saturated rings. The van der Waals surface area contributed by atoms with E-state index in [1.165, 1.54) is 36.1 Å². The number of methoxy groups -OCH3 is 1. The Bertz CT molecular complexity index is 1150. The quantitative estimate of drug-likeness (QED) is 0.351. The van der Waals surface area contributed by atoms with Crippen LogP contribution < -0.4 is 4.74 Å². The average Bonchev–Trinajstić information content (AvgIpc) is 3.40. The first kappa shape index (κ1) is 20.5. The van der Waals surface area contributed by atoms with Gasteiger partial charge in [-0.05, 0) is 59.3 Å². The summed E-state index contributed by atoms with van der Waals surface area (Å²) >= 11 is 1.26. The lowest BCUT2D eigenvalue weighted by Crippen LogP contribution is -2.28. The van der Waals surface area contributed by atoms with Crippen LogP contribution in [0.15, 0.2) is 86.5 Å². The molecular formula is C23H19N3O4S. The van der Waals surface area contributed by atoms with Gasteiger partial charge < -0.3 is 14.3 Å². The fourth-order valence-corrected chi connectivity index (χ4v) is 3.84. The number of thioether (sulfide) groups is 1. The van der Waals surface area contributed by atoms with Gasteiger partial charge in [0.05, 0.1) is 31.0 Å². The lowest BCUT2D eigenvalue weighted by atomic mass is 10.2. The molecule has 156 valence electrons. The third-order valence-corrected chi connectivity index (χ3v) is 5.43. The van der Waals surface area contributed by atoms with Crippen molar-refractivity contribution in [1.29, 1.82) is 0 Å². The van der Waals surface area contributed by atoms with Crippen LogP contribution in [0.2, 0.25) is 0 Å². The van der Waals surface area contributed by atoms with Gasteiger partial charge in [-0.15, -0.1) is 5.10 Å². The molecule has 2 aromatic carbocycles. The number of nitrogens with zero attached hydrogens (tertiary/aromatic N) is 3. The molecule has 1 aromatic heterocycles. The summed E-state index contributed by atoms with van der Waals surface area (Å²) in [5, 5.41) is 18.6. The van der Waals surface area contributed by atoms with E-state index in [4.69, 9.17) is 9.15 Å². The van der Waals surface area contributed by atoms with Crippen molar-refractivity contribution < 1.29 is 19.1 Å². The number of carbonyl (C=O) groups excluding carboxylic acids is 1. The summed E-state index contributed by atoms with van der Waals surface area (Å²) in [5.74, 6) is 0.873. The minimum Gasteiger partial charge on any atom is -0.504 e. The highest BCUT2D eigenvalue weighted by atomic mass is 32.2. The average molecular weight is 433 g/mol. The van der Waals surface area contributed by atoms with E-state index in [9.17, 15) is 9.90 Å². The van der Waals surface area contributed by atoms with Crippen LogP contribution in [0.1, 0.15) is 16.9 Å². The number of rotatable bonds is 6. The second-order valence-electron chi connectivity index (χ2n) is 6.55. The van der Waals surface area contributed by atoms with Crippen LogP contribution in [0, 0.1) is 0 Å². The molecule has 2 heterocycles. The summed E-state index contributed by atoms with van der Waals surface area (Å²) in [6, 6.07) is 18.1. The first-order valence-electron chi connectivity index (χ1n) is 9.41. The Morgan fingerprint density at radius 1 is 1.13 bits per heavy atom. The molecule has 0 atom stereocenters. The van der Waals surface area contributed by atoms with Gasteiger partial charge in [0.25, 0.3) is 5.91 Å². The van der Waals surface area contributed by atoms with Crippen LogP contribution >= 0.6 is 11.8 Å². The first-order chi connectivity index (χ1) is 15.1. The smallest absolute Gasteiger partial charge is 0.267 e. The Morgan fingerprint density at radius 3 is 2.71 bits per heavy atom. The summed E-state index contributed by atoms with van der Waals surface area (Å²) in [5.41, 5.74) is 1.63. The highest BCUT2D eigenvalue weighted by Crippen LogP contribution is 2.34. The zero-order valence-corrected chi connectivity index (χ0v) is 17.5. The summed E-state index contributed by atoms with van der Waals surface area (Å²) in [4.78, 5) is 15.1. The topological polar surface area (TPSA) is 87.6 Å². The molecule has 4 rings (SSSR count). The monoisotopic (exact) mass is 433 g/mol. The number of benzene rings is 2. The third-order valence-electron chi connectivity index (χ3n) is 4.43. The van der Waals surface area contributed by atoms with E-state index in [2.05, 4.69) is 10.2 Å². The maximum absolute atomic E-state index is 13.0. The SMILES string of the molecule is COc1cc(/C=N\N=C2\S/C(=C\c3ccccc3)C(=O)N2Cc2ccco2)ccc1O. The second-order valence-corrected chi connectivity index (χ2v) is 7.56.